The molecular weight excluding hydrogens is 420 g/mol. The summed E-state index contributed by atoms with van der Waals surface area (Å²) in [7, 11) is -3.72. The van der Waals surface area contributed by atoms with Crippen LogP contribution in [-0.4, -0.2) is 13.6 Å². The Hall–Kier alpha value is -3.09. The third-order valence-corrected chi connectivity index (χ3v) is 6.25. The molecular formula is C23H19ClN2O3S. The van der Waals surface area contributed by atoms with Crippen molar-refractivity contribution >= 4 is 27.3 Å². The second-order valence-electron chi connectivity index (χ2n) is 6.87. The number of nitrogens with zero attached hydrogens (tertiary/aromatic N) is 1. The number of sulfonamides is 1. The van der Waals surface area contributed by atoms with E-state index in [-0.39, 0.29) is 5.75 Å². The summed E-state index contributed by atoms with van der Waals surface area (Å²) in [4.78, 5) is 0. The summed E-state index contributed by atoms with van der Waals surface area (Å²) in [6.45, 7) is 1.69. The van der Waals surface area contributed by atoms with Crippen LogP contribution in [0, 0.1) is 6.92 Å². The largest absolute Gasteiger partial charge is 0.354 e. The van der Waals surface area contributed by atoms with E-state index in [0.29, 0.717) is 27.7 Å². The van der Waals surface area contributed by atoms with E-state index in [4.69, 9.17) is 16.1 Å². The van der Waals surface area contributed by atoms with E-state index in [0.717, 1.165) is 16.7 Å². The number of anilines is 1. The molecule has 0 aliphatic carbocycles. The van der Waals surface area contributed by atoms with Crippen molar-refractivity contribution < 1.29 is 12.9 Å². The van der Waals surface area contributed by atoms with Gasteiger partial charge in [-0.25, -0.2) is 8.42 Å². The molecule has 4 aromatic rings. The molecule has 1 N–H and O–H groups in total. The van der Waals surface area contributed by atoms with Crippen LogP contribution in [0.2, 0.25) is 5.02 Å². The van der Waals surface area contributed by atoms with Crippen molar-refractivity contribution in [3.05, 3.63) is 95.1 Å². The van der Waals surface area contributed by atoms with E-state index in [1.54, 1.807) is 31.2 Å². The predicted octanol–water partition coefficient (Wildman–Crippen LogP) is 5.91. The molecule has 1 heterocycles. The number of aryl methyl sites for hydroxylation is 1. The van der Waals surface area contributed by atoms with E-state index < -0.39 is 10.0 Å². The van der Waals surface area contributed by atoms with Gasteiger partial charge >= 0.3 is 0 Å². The SMILES string of the molecule is Cc1noc(-c2ccc(-c3ccccc3)cc2)c1NS(=O)(=O)Cc1ccccc1Cl. The molecule has 0 saturated carbocycles. The standard InChI is InChI=1S/C23H19ClN2O3S/c1-16-22(26-30(27,28)15-20-9-5-6-10-21(20)24)23(29-25-16)19-13-11-18(12-14-19)17-7-3-2-4-8-17/h2-14,26H,15H2,1H3. The second-order valence-corrected chi connectivity index (χ2v) is 9.00. The number of hydrogen-bond donors (Lipinski definition) is 1. The van der Waals surface area contributed by atoms with Gasteiger partial charge in [0.05, 0.1) is 5.75 Å². The van der Waals surface area contributed by atoms with Crippen LogP contribution in [0.3, 0.4) is 0 Å². The van der Waals surface area contributed by atoms with Gasteiger partial charge < -0.3 is 4.52 Å². The first-order chi connectivity index (χ1) is 14.4. The Labute approximate surface area is 180 Å². The molecule has 7 heteroatoms. The molecule has 0 bridgehead atoms. The fraction of sp³-hybridized carbons (Fsp3) is 0.0870. The van der Waals surface area contributed by atoms with Crippen LogP contribution in [0.4, 0.5) is 5.69 Å². The topological polar surface area (TPSA) is 72.2 Å². The number of benzene rings is 3. The normalized spacial score (nSPS) is 11.4. The van der Waals surface area contributed by atoms with E-state index in [9.17, 15) is 8.42 Å². The zero-order chi connectivity index (χ0) is 21.1. The average Bonchev–Trinajstić information content (AvgIpc) is 3.10. The maximum atomic E-state index is 12.8. The summed E-state index contributed by atoms with van der Waals surface area (Å²) in [5, 5.41) is 4.36. The number of halogens is 1. The second kappa shape index (κ2) is 8.34. The third-order valence-electron chi connectivity index (χ3n) is 4.68. The van der Waals surface area contributed by atoms with Gasteiger partial charge in [-0.3, -0.25) is 4.72 Å². The van der Waals surface area contributed by atoms with Gasteiger partial charge in [-0.1, -0.05) is 89.6 Å². The highest BCUT2D eigenvalue weighted by Crippen LogP contribution is 2.33. The van der Waals surface area contributed by atoms with E-state index in [2.05, 4.69) is 9.88 Å². The molecule has 5 nitrogen and oxygen atoms in total. The fourth-order valence-electron chi connectivity index (χ4n) is 3.14. The van der Waals surface area contributed by atoms with E-state index in [1.807, 2.05) is 54.6 Å². The van der Waals surface area contributed by atoms with Gasteiger partial charge in [0.1, 0.15) is 11.4 Å². The van der Waals surface area contributed by atoms with Crippen LogP contribution in [0.1, 0.15) is 11.3 Å². The minimum Gasteiger partial charge on any atom is -0.354 e. The molecule has 0 amide bonds. The molecule has 0 aliphatic heterocycles. The summed E-state index contributed by atoms with van der Waals surface area (Å²) >= 11 is 6.11. The first-order valence-electron chi connectivity index (χ1n) is 9.29. The molecule has 0 atom stereocenters. The predicted molar refractivity (Wildman–Crippen MR) is 120 cm³/mol. The van der Waals surface area contributed by atoms with Gasteiger partial charge in [0, 0.05) is 10.6 Å². The minimum absolute atomic E-state index is 0.246. The third kappa shape index (κ3) is 4.40. The summed E-state index contributed by atoms with van der Waals surface area (Å²) in [6.07, 6.45) is 0. The lowest BCUT2D eigenvalue weighted by molar-refractivity contribution is 0.427. The van der Waals surface area contributed by atoms with Crippen LogP contribution in [0.15, 0.2) is 83.4 Å². The number of rotatable bonds is 6. The Balaban J connectivity index is 1.61. The monoisotopic (exact) mass is 438 g/mol. The van der Waals surface area contributed by atoms with E-state index >= 15 is 0 Å². The van der Waals surface area contributed by atoms with Crippen molar-refractivity contribution in [2.75, 3.05) is 4.72 Å². The maximum absolute atomic E-state index is 12.8. The Morgan fingerprint density at radius 1 is 0.867 bits per heavy atom. The fourth-order valence-corrected chi connectivity index (χ4v) is 4.71. The zero-order valence-corrected chi connectivity index (χ0v) is 17.7. The molecule has 4 rings (SSSR count). The van der Waals surface area contributed by atoms with E-state index in [1.165, 1.54) is 0 Å². The van der Waals surface area contributed by atoms with Gasteiger partial charge in [-0.05, 0) is 29.7 Å². The van der Waals surface area contributed by atoms with Crippen LogP contribution in [-0.2, 0) is 15.8 Å². The molecule has 152 valence electrons. The molecule has 0 aliphatic rings. The van der Waals surface area contributed by atoms with Crippen LogP contribution in [0.25, 0.3) is 22.5 Å². The molecule has 3 aromatic carbocycles. The summed E-state index contributed by atoms with van der Waals surface area (Å²) in [6, 6.07) is 24.5. The molecule has 0 spiro atoms. The summed E-state index contributed by atoms with van der Waals surface area (Å²) < 4.78 is 33.6. The molecule has 1 aromatic heterocycles. The molecule has 0 radical (unpaired) electrons. The minimum atomic E-state index is -3.72. The molecule has 0 fully saturated rings. The highest BCUT2D eigenvalue weighted by molar-refractivity contribution is 7.91. The maximum Gasteiger partial charge on any atom is 0.237 e. The quantitative estimate of drug-likeness (QED) is 0.406. The van der Waals surface area contributed by atoms with Crippen LogP contribution < -0.4 is 4.72 Å². The van der Waals surface area contributed by atoms with Crippen molar-refractivity contribution in [1.82, 2.24) is 5.16 Å². The lowest BCUT2D eigenvalue weighted by atomic mass is 10.0. The van der Waals surface area contributed by atoms with Gasteiger partial charge in [-0.2, -0.15) is 0 Å². The van der Waals surface area contributed by atoms with Gasteiger partial charge in [0.25, 0.3) is 0 Å². The van der Waals surface area contributed by atoms with Crippen LogP contribution >= 0.6 is 11.6 Å². The lowest BCUT2D eigenvalue weighted by Crippen LogP contribution is -2.16. The van der Waals surface area contributed by atoms with Crippen molar-refractivity contribution in [3.8, 4) is 22.5 Å². The first-order valence-corrected chi connectivity index (χ1v) is 11.3. The average molecular weight is 439 g/mol. The highest BCUT2D eigenvalue weighted by atomic mass is 35.5. The Kier molecular flexibility index (Phi) is 5.61. The van der Waals surface area contributed by atoms with Crippen molar-refractivity contribution in [3.63, 3.8) is 0 Å². The van der Waals surface area contributed by atoms with Crippen molar-refractivity contribution in [2.45, 2.75) is 12.7 Å². The Morgan fingerprint density at radius 3 is 2.17 bits per heavy atom. The molecule has 0 unspecified atom stereocenters. The molecule has 30 heavy (non-hydrogen) atoms. The summed E-state index contributed by atoms with van der Waals surface area (Å²) in [5.74, 6) is 0.124. The lowest BCUT2D eigenvalue weighted by Gasteiger charge is -2.10. The van der Waals surface area contributed by atoms with Crippen LogP contribution in [0.5, 0.6) is 0 Å². The number of aromatic nitrogens is 1. The first kappa shape index (κ1) is 20.2. The number of hydrogen-bond acceptors (Lipinski definition) is 4. The highest BCUT2D eigenvalue weighted by Gasteiger charge is 2.21. The molecule has 0 saturated heterocycles. The number of nitrogens with one attached hydrogen (secondary N) is 1. The Bertz CT molecular complexity index is 1270. The van der Waals surface area contributed by atoms with Gasteiger partial charge in [0.2, 0.25) is 10.0 Å². The smallest absolute Gasteiger partial charge is 0.237 e. The van der Waals surface area contributed by atoms with Gasteiger partial charge in [0.15, 0.2) is 5.76 Å². The Morgan fingerprint density at radius 2 is 1.47 bits per heavy atom. The van der Waals surface area contributed by atoms with Crippen molar-refractivity contribution in [1.29, 1.82) is 0 Å². The zero-order valence-electron chi connectivity index (χ0n) is 16.2. The summed E-state index contributed by atoms with van der Waals surface area (Å²) in [5.41, 5.74) is 4.18. The van der Waals surface area contributed by atoms with Gasteiger partial charge in [-0.15, -0.1) is 0 Å². The van der Waals surface area contributed by atoms with Crippen molar-refractivity contribution in [2.24, 2.45) is 0 Å².